The highest BCUT2D eigenvalue weighted by Gasteiger charge is 2.38. The molecule has 0 radical (unpaired) electrons. The van der Waals surface area contributed by atoms with Crippen molar-refractivity contribution in [2.75, 3.05) is 40.3 Å². The van der Waals surface area contributed by atoms with E-state index in [1.165, 1.54) is 5.48 Å². The van der Waals surface area contributed by atoms with Gasteiger partial charge in [-0.2, -0.15) is 0 Å². The Morgan fingerprint density at radius 2 is 1.58 bits per heavy atom. The fourth-order valence-electron chi connectivity index (χ4n) is 2.73. The standard InChI is InChI=1S/C20H39N3O8/c1-13(2)11-14(15(24)18(26)23-28)17(25)22-16(20(3,4)5)19(27)21-7-8-30-12-31-10-9-29-6/h13-16,24,28H,7-12H2,1-6H3,(H,21,27)(H,22,25)(H,23,26)/t14-,15-,16+/m0/s1. The van der Waals surface area contributed by atoms with Gasteiger partial charge in [0.15, 0.2) is 0 Å². The molecule has 182 valence electrons. The maximum atomic E-state index is 12.8. The Kier molecular flexibility index (Phi) is 14.2. The predicted molar refractivity (Wildman–Crippen MR) is 112 cm³/mol. The number of hydroxylamine groups is 1. The molecule has 0 saturated carbocycles. The van der Waals surface area contributed by atoms with E-state index < -0.39 is 41.2 Å². The number of aliphatic hydroxyl groups excluding tert-OH is 1. The van der Waals surface area contributed by atoms with Gasteiger partial charge in [-0.25, -0.2) is 5.48 Å². The SMILES string of the molecule is COCCOCOCCNC(=O)[C@@H](NC(=O)[C@@H](CC(C)C)[C@H](O)C(=O)NO)C(C)(C)C. The van der Waals surface area contributed by atoms with E-state index in [1.54, 1.807) is 27.9 Å². The predicted octanol–water partition coefficient (Wildman–Crippen LogP) is -0.201. The zero-order valence-corrected chi connectivity index (χ0v) is 19.4. The largest absolute Gasteiger partial charge is 0.382 e. The highest BCUT2D eigenvalue weighted by atomic mass is 16.7. The number of methoxy groups -OCH3 is 1. The van der Waals surface area contributed by atoms with Crippen molar-refractivity contribution in [3.05, 3.63) is 0 Å². The normalized spacial score (nSPS) is 14.6. The van der Waals surface area contributed by atoms with E-state index in [0.29, 0.717) is 13.2 Å². The molecule has 11 nitrogen and oxygen atoms in total. The lowest BCUT2D eigenvalue weighted by Crippen LogP contribution is -2.57. The highest BCUT2D eigenvalue weighted by molar-refractivity contribution is 5.92. The quantitative estimate of drug-likeness (QED) is 0.0996. The zero-order chi connectivity index (χ0) is 24.0. The van der Waals surface area contributed by atoms with E-state index in [4.69, 9.17) is 19.4 Å². The van der Waals surface area contributed by atoms with Gasteiger partial charge >= 0.3 is 0 Å². The van der Waals surface area contributed by atoms with Crippen LogP contribution in [0, 0.1) is 17.3 Å². The minimum atomic E-state index is -1.75. The molecule has 0 fully saturated rings. The van der Waals surface area contributed by atoms with Crippen LogP contribution in [0.2, 0.25) is 0 Å². The third-order valence-electron chi connectivity index (χ3n) is 4.38. The Morgan fingerprint density at radius 1 is 0.968 bits per heavy atom. The molecule has 0 aliphatic carbocycles. The van der Waals surface area contributed by atoms with Gasteiger partial charge in [0.05, 0.1) is 25.7 Å². The first-order valence-corrected chi connectivity index (χ1v) is 10.3. The van der Waals surface area contributed by atoms with Crippen LogP contribution in [0.5, 0.6) is 0 Å². The summed E-state index contributed by atoms with van der Waals surface area (Å²) in [5.41, 5.74) is 0.714. The van der Waals surface area contributed by atoms with Crippen molar-refractivity contribution in [3.8, 4) is 0 Å². The minimum absolute atomic E-state index is 0.0120. The van der Waals surface area contributed by atoms with Crippen LogP contribution in [0.1, 0.15) is 41.0 Å². The van der Waals surface area contributed by atoms with Gasteiger partial charge in [-0.05, 0) is 17.8 Å². The van der Waals surface area contributed by atoms with Crippen molar-refractivity contribution in [1.82, 2.24) is 16.1 Å². The van der Waals surface area contributed by atoms with Crippen LogP contribution in [-0.4, -0.2) is 80.4 Å². The first-order valence-electron chi connectivity index (χ1n) is 10.3. The van der Waals surface area contributed by atoms with Crippen molar-refractivity contribution in [2.24, 2.45) is 17.3 Å². The summed E-state index contributed by atoms with van der Waals surface area (Å²) < 4.78 is 15.2. The van der Waals surface area contributed by atoms with Gasteiger partial charge in [-0.3, -0.25) is 19.6 Å². The molecule has 11 heteroatoms. The van der Waals surface area contributed by atoms with Crippen LogP contribution in [-0.2, 0) is 28.6 Å². The molecule has 3 atom stereocenters. The summed E-state index contributed by atoms with van der Waals surface area (Å²) in [4.78, 5) is 37.2. The lowest BCUT2D eigenvalue weighted by molar-refractivity contribution is -0.147. The summed E-state index contributed by atoms with van der Waals surface area (Å²) in [7, 11) is 1.57. The van der Waals surface area contributed by atoms with E-state index in [-0.39, 0.29) is 32.3 Å². The number of hydrogen-bond acceptors (Lipinski definition) is 8. The van der Waals surface area contributed by atoms with Crippen molar-refractivity contribution >= 4 is 17.7 Å². The molecular formula is C20H39N3O8. The monoisotopic (exact) mass is 449 g/mol. The second-order valence-corrected chi connectivity index (χ2v) is 8.68. The highest BCUT2D eigenvalue weighted by Crippen LogP contribution is 2.22. The minimum Gasteiger partial charge on any atom is -0.382 e. The number of amides is 3. The molecule has 0 bridgehead atoms. The lowest BCUT2D eigenvalue weighted by atomic mass is 9.84. The van der Waals surface area contributed by atoms with Crippen LogP contribution < -0.4 is 16.1 Å². The summed E-state index contributed by atoms with van der Waals surface area (Å²) in [5.74, 6) is -3.29. The molecule has 0 unspecified atom stereocenters. The Balaban J connectivity index is 4.92. The number of carbonyl (C=O) groups excluding carboxylic acids is 3. The third kappa shape index (κ3) is 12.0. The van der Waals surface area contributed by atoms with Crippen molar-refractivity contribution in [2.45, 2.75) is 53.2 Å². The number of carbonyl (C=O) groups is 3. The van der Waals surface area contributed by atoms with Gasteiger partial charge in [0, 0.05) is 13.7 Å². The number of rotatable bonds is 15. The fourth-order valence-corrected chi connectivity index (χ4v) is 2.73. The zero-order valence-electron chi connectivity index (χ0n) is 19.4. The third-order valence-corrected chi connectivity index (χ3v) is 4.38. The second-order valence-electron chi connectivity index (χ2n) is 8.68. The van der Waals surface area contributed by atoms with Gasteiger partial charge in [-0.15, -0.1) is 0 Å². The summed E-state index contributed by atoms with van der Waals surface area (Å²) in [5, 5.41) is 24.3. The summed E-state index contributed by atoms with van der Waals surface area (Å²) in [6.45, 7) is 10.4. The molecule has 3 amide bonds. The maximum Gasteiger partial charge on any atom is 0.272 e. The second kappa shape index (κ2) is 15.1. The van der Waals surface area contributed by atoms with Crippen molar-refractivity contribution in [1.29, 1.82) is 0 Å². The van der Waals surface area contributed by atoms with Crippen LogP contribution >= 0.6 is 0 Å². The Bertz CT molecular complexity index is 551. The first kappa shape index (κ1) is 29.2. The molecule has 0 aromatic rings. The van der Waals surface area contributed by atoms with Gasteiger partial charge < -0.3 is 30.0 Å². The topological polar surface area (TPSA) is 155 Å². The molecule has 0 aromatic heterocycles. The molecule has 5 N–H and O–H groups in total. The average Bonchev–Trinajstić information content (AvgIpc) is 2.69. The van der Waals surface area contributed by atoms with Crippen LogP contribution in [0.15, 0.2) is 0 Å². The number of ether oxygens (including phenoxy) is 3. The summed E-state index contributed by atoms with van der Waals surface area (Å²) in [6.07, 6.45) is -1.56. The molecule has 0 aliphatic rings. The van der Waals surface area contributed by atoms with Gasteiger partial charge in [0.1, 0.15) is 18.9 Å². The summed E-state index contributed by atoms with van der Waals surface area (Å²) in [6, 6.07) is -0.919. The van der Waals surface area contributed by atoms with Crippen molar-refractivity contribution in [3.63, 3.8) is 0 Å². The van der Waals surface area contributed by atoms with E-state index in [2.05, 4.69) is 10.6 Å². The molecule has 0 saturated heterocycles. The van der Waals surface area contributed by atoms with Gasteiger partial charge in [0.2, 0.25) is 11.8 Å². The fraction of sp³-hybridized carbons (Fsp3) is 0.850. The molecule has 0 rings (SSSR count). The van der Waals surface area contributed by atoms with E-state index >= 15 is 0 Å². The number of hydrogen-bond donors (Lipinski definition) is 5. The molecule has 0 spiro atoms. The number of nitrogens with one attached hydrogen (secondary N) is 3. The Morgan fingerprint density at radius 3 is 2.10 bits per heavy atom. The van der Waals surface area contributed by atoms with Crippen molar-refractivity contribution < 1.29 is 38.9 Å². The Hall–Kier alpha value is -1.79. The van der Waals surface area contributed by atoms with Crippen LogP contribution in [0.3, 0.4) is 0 Å². The van der Waals surface area contributed by atoms with Gasteiger partial charge in [-0.1, -0.05) is 34.6 Å². The van der Waals surface area contributed by atoms with E-state index in [1.807, 2.05) is 13.8 Å². The first-order chi connectivity index (χ1) is 14.4. The average molecular weight is 450 g/mol. The molecule has 31 heavy (non-hydrogen) atoms. The smallest absolute Gasteiger partial charge is 0.272 e. The summed E-state index contributed by atoms with van der Waals surface area (Å²) >= 11 is 0. The lowest BCUT2D eigenvalue weighted by Gasteiger charge is -2.32. The van der Waals surface area contributed by atoms with Crippen LogP contribution in [0.25, 0.3) is 0 Å². The van der Waals surface area contributed by atoms with E-state index in [9.17, 15) is 19.5 Å². The molecule has 0 heterocycles. The maximum absolute atomic E-state index is 12.8. The Labute approximate surface area is 184 Å². The van der Waals surface area contributed by atoms with Gasteiger partial charge in [0.25, 0.3) is 5.91 Å². The number of aliphatic hydroxyl groups is 1. The molecule has 0 aliphatic heterocycles. The van der Waals surface area contributed by atoms with Crippen LogP contribution in [0.4, 0.5) is 0 Å². The van der Waals surface area contributed by atoms with E-state index in [0.717, 1.165) is 0 Å². The molecular weight excluding hydrogens is 410 g/mol. The molecule has 0 aromatic carbocycles.